The summed E-state index contributed by atoms with van der Waals surface area (Å²) in [7, 11) is 0. The van der Waals surface area contributed by atoms with E-state index in [1.54, 1.807) is 0 Å². The Bertz CT molecular complexity index is 464. The summed E-state index contributed by atoms with van der Waals surface area (Å²) in [5.41, 5.74) is 6.50. The molecule has 0 spiro atoms. The van der Waals surface area contributed by atoms with Crippen LogP contribution in [0.2, 0.25) is 0 Å². The molecule has 1 aromatic rings. The van der Waals surface area contributed by atoms with Crippen LogP contribution in [0.4, 0.5) is 5.13 Å². The Labute approximate surface area is 125 Å². The molecule has 0 aromatic carbocycles. The number of amides is 1. The Morgan fingerprint density at radius 2 is 2.10 bits per heavy atom. The number of nitrogens with zero attached hydrogens (tertiary/aromatic N) is 2. The summed E-state index contributed by atoms with van der Waals surface area (Å²) in [5.74, 6) is 0.739. The molecule has 1 amide bonds. The van der Waals surface area contributed by atoms with Crippen molar-refractivity contribution < 1.29 is 4.79 Å². The van der Waals surface area contributed by atoms with Gasteiger partial charge in [0.05, 0.1) is 5.69 Å². The molecule has 0 unspecified atom stereocenters. The zero-order valence-electron chi connectivity index (χ0n) is 12.7. The number of carbonyl (C=O) groups is 1. The highest BCUT2D eigenvalue weighted by Gasteiger charge is 2.29. The second kappa shape index (κ2) is 6.57. The summed E-state index contributed by atoms with van der Waals surface area (Å²) in [4.78, 5) is 19.8. The molecule has 2 N–H and O–H groups in total. The van der Waals surface area contributed by atoms with Crippen molar-refractivity contribution in [1.82, 2.24) is 9.88 Å². The van der Waals surface area contributed by atoms with Crippen LogP contribution in [0.15, 0.2) is 0 Å². The third-order valence-corrected chi connectivity index (χ3v) is 4.96. The van der Waals surface area contributed by atoms with Gasteiger partial charge in [-0.2, -0.15) is 0 Å². The lowest BCUT2D eigenvalue weighted by atomic mass is 10.1. The highest BCUT2D eigenvalue weighted by atomic mass is 32.1. The fourth-order valence-electron chi connectivity index (χ4n) is 2.81. The molecule has 1 aromatic heterocycles. The number of carbonyl (C=O) groups excluding carboxylic acids is 1. The van der Waals surface area contributed by atoms with Crippen LogP contribution in [-0.2, 0) is 0 Å². The standard InChI is InChI=1S/C15H25N3OS/c1-10(2)8-9-18(12-6-4-5-7-12)14(19)13-11(3)17-15(16)20-13/h10,12H,4-9H2,1-3H3,(H2,16,17). The van der Waals surface area contributed by atoms with E-state index in [0.29, 0.717) is 17.1 Å². The fourth-order valence-corrected chi connectivity index (χ4v) is 3.60. The molecule has 0 atom stereocenters. The van der Waals surface area contributed by atoms with Gasteiger partial charge in [-0.05, 0) is 32.1 Å². The number of thiazole rings is 1. The maximum atomic E-state index is 12.8. The van der Waals surface area contributed by atoms with Crippen LogP contribution >= 0.6 is 11.3 Å². The number of hydrogen-bond acceptors (Lipinski definition) is 4. The van der Waals surface area contributed by atoms with E-state index in [9.17, 15) is 4.79 Å². The molecule has 20 heavy (non-hydrogen) atoms. The molecule has 0 radical (unpaired) electrons. The molecule has 1 saturated carbocycles. The third-order valence-electron chi connectivity index (χ3n) is 3.98. The monoisotopic (exact) mass is 295 g/mol. The molecule has 112 valence electrons. The van der Waals surface area contributed by atoms with Crippen molar-refractivity contribution in [1.29, 1.82) is 0 Å². The van der Waals surface area contributed by atoms with Crippen LogP contribution in [-0.4, -0.2) is 28.4 Å². The molecule has 2 rings (SSSR count). The largest absolute Gasteiger partial charge is 0.375 e. The Balaban J connectivity index is 2.16. The number of aryl methyl sites for hydroxylation is 1. The molecule has 1 heterocycles. The minimum Gasteiger partial charge on any atom is -0.375 e. The predicted octanol–water partition coefficient (Wildman–Crippen LogP) is 3.46. The van der Waals surface area contributed by atoms with E-state index >= 15 is 0 Å². The normalized spacial score (nSPS) is 16.0. The van der Waals surface area contributed by atoms with Crippen molar-refractivity contribution >= 4 is 22.4 Å². The van der Waals surface area contributed by atoms with Gasteiger partial charge in [-0.3, -0.25) is 4.79 Å². The smallest absolute Gasteiger partial charge is 0.266 e. The molecular formula is C15H25N3OS. The second-order valence-corrected chi connectivity index (χ2v) is 7.12. The maximum absolute atomic E-state index is 12.8. The zero-order valence-corrected chi connectivity index (χ0v) is 13.5. The van der Waals surface area contributed by atoms with Gasteiger partial charge >= 0.3 is 0 Å². The molecule has 0 aliphatic heterocycles. The van der Waals surface area contributed by atoms with E-state index in [-0.39, 0.29) is 5.91 Å². The van der Waals surface area contributed by atoms with Crippen LogP contribution in [0.3, 0.4) is 0 Å². The quantitative estimate of drug-likeness (QED) is 0.905. The van der Waals surface area contributed by atoms with Gasteiger partial charge in [-0.25, -0.2) is 4.98 Å². The highest BCUT2D eigenvalue weighted by molar-refractivity contribution is 7.17. The topological polar surface area (TPSA) is 59.2 Å². The summed E-state index contributed by atoms with van der Waals surface area (Å²) in [6.45, 7) is 7.12. The number of rotatable bonds is 5. The van der Waals surface area contributed by atoms with Crippen molar-refractivity contribution in [3.8, 4) is 0 Å². The molecule has 5 heteroatoms. The van der Waals surface area contributed by atoms with Gasteiger partial charge in [0.1, 0.15) is 4.88 Å². The van der Waals surface area contributed by atoms with Gasteiger partial charge in [0.2, 0.25) is 0 Å². The Hall–Kier alpha value is -1.10. The number of hydrogen-bond donors (Lipinski definition) is 1. The summed E-state index contributed by atoms with van der Waals surface area (Å²) in [5, 5.41) is 0.487. The van der Waals surface area contributed by atoms with E-state index in [1.807, 2.05) is 6.92 Å². The molecule has 1 aliphatic carbocycles. The Morgan fingerprint density at radius 1 is 1.45 bits per heavy atom. The summed E-state index contributed by atoms with van der Waals surface area (Å²) in [6, 6.07) is 0.406. The molecular weight excluding hydrogens is 270 g/mol. The first-order valence-corrected chi connectivity index (χ1v) is 8.34. The molecule has 1 fully saturated rings. The predicted molar refractivity (Wildman–Crippen MR) is 84.0 cm³/mol. The lowest BCUT2D eigenvalue weighted by Gasteiger charge is -2.29. The van der Waals surface area contributed by atoms with Gasteiger partial charge in [0, 0.05) is 12.6 Å². The van der Waals surface area contributed by atoms with Gasteiger partial charge in [-0.15, -0.1) is 0 Å². The minimum absolute atomic E-state index is 0.129. The van der Waals surface area contributed by atoms with E-state index in [1.165, 1.54) is 24.2 Å². The third kappa shape index (κ3) is 3.51. The first-order valence-electron chi connectivity index (χ1n) is 7.53. The van der Waals surface area contributed by atoms with Crippen molar-refractivity contribution in [2.45, 2.75) is 58.9 Å². The van der Waals surface area contributed by atoms with Crippen molar-refractivity contribution in [3.05, 3.63) is 10.6 Å². The zero-order chi connectivity index (χ0) is 14.7. The van der Waals surface area contributed by atoms with E-state index in [2.05, 4.69) is 23.7 Å². The van der Waals surface area contributed by atoms with Gasteiger partial charge in [0.25, 0.3) is 5.91 Å². The summed E-state index contributed by atoms with van der Waals surface area (Å²) < 4.78 is 0. The molecule has 0 saturated heterocycles. The van der Waals surface area contributed by atoms with Crippen LogP contribution < -0.4 is 5.73 Å². The SMILES string of the molecule is Cc1nc(N)sc1C(=O)N(CCC(C)C)C1CCCC1. The molecule has 4 nitrogen and oxygen atoms in total. The highest BCUT2D eigenvalue weighted by Crippen LogP contribution is 2.28. The van der Waals surface area contributed by atoms with Gasteiger partial charge in [0.15, 0.2) is 5.13 Å². The Kier molecular flexibility index (Phi) is 5.02. The first kappa shape index (κ1) is 15.3. The molecule has 0 bridgehead atoms. The lowest BCUT2D eigenvalue weighted by Crippen LogP contribution is -2.39. The van der Waals surface area contributed by atoms with Gasteiger partial charge in [-0.1, -0.05) is 38.0 Å². The number of aromatic nitrogens is 1. The summed E-state index contributed by atoms with van der Waals surface area (Å²) in [6.07, 6.45) is 5.80. The van der Waals surface area contributed by atoms with Crippen LogP contribution in [0.25, 0.3) is 0 Å². The van der Waals surface area contributed by atoms with Crippen LogP contribution in [0.1, 0.15) is 61.3 Å². The molecule has 1 aliphatic rings. The summed E-state index contributed by atoms with van der Waals surface area (Å²) >= 11 is 1.32. The van der Waals surface area contributed by atoms with Crippen molar-refractivity contribution in [2.24, 2.45) is 5.92 Å². The number of nitrogen functional groups attached to an aromatic ring is 1. The van der Waals surface area contributed by atoms with E-state index in [4.69, 9.17) is 5.73 Å². The van der Waals surface area contributed by atoms with Crippen molar-refractivity contribution in [3.63, 3.8) is 0 Å². The van der Waals surface area contributed by atoms with Crippen LogP contribution in [0, 0.1) is 12.8 Å². The van der Waals surface area contributed by atoms with Crippen molar-refractivity contribution in [2.75, 3.05) is 12.3 Å². The minimum atomic E-state index is 0.129. The second-order valence-electron chi connectivity index (χ2n) is 6.09. The Morgan fingerprint density at radius 3 is 2.60 bits per heavy atom. The average molecular weight is 295 g/mol. The lowest BCUT2D eigenvalue weighted by molar-refractivity contribution is 0.0676. The maximum Gasteiger partial charge on any atom is 0.266 e. The fraction of sp³-hybridized carbons (Fsp3) is 0.733. The van der Waals surface area contributed by atoms with Gasteiger partial charge < -0.3 is 10.6 Å². The number of nitrogens with two attached hydrogens (primary N) is 1. The van der Waals surface area contributed by atoms with E-state index < -0.39 is 0 Å². The number of anilines is 1. The first-order chi connectivity index (χ1) is 9.49. The van der Waals surface area contributed by atoms with E-state index in [0.717, 1.165) is 36.4 Å². The van der Waals surface area contributed by atoms with Crippen LogP contribution in [0.5, 0.6) is 0 Å². The average Bonchev–Trinajstić information content (AvgIpc) is 2.99.